The van der Waals surface area contributed by atoms with Crippen LogP contribution in [0, 0.1) is 0 Å². The zero-order valence-corrected chi connectivity index (χ0v) is 9.08. The fourth-order valence-electron chi connectivity index (χ4n) is 1.40. The highest BCUT2D eigenvalue weighted by Crippen LogP contribution is 2.26. The second kappa shape index (κ2) is 4.42. The summed E-state index contributed by atoms with van der Waals surface area (Å²) < 4.78 is 5.16. The molecule has 78 valence electrons. The average molecular weight is 194 g/mol. The molecule has 0 amide bonds. The van der Waals surface area contributed by atoms with E-state index >= 15 is 0 Å². The van der Waals surface area contributed by atoms with Gasteiger partial charge < -0.3 is 10.5 Å². The fraction of sp³-hybridized carbons (Fsp3) is 0.545. The number of ether oxygens (including phenoxy) is 1. The number of pyridine rings is 1. The minimum atomic E-state index is 0.0172. The first-order valence-electron chi connectivity index (χ1n) is 4.81. The summed E-state index contributed by atoms with van der Waals surface area (Å²) >= 11 is 0. The summed E-state index contributed by atoms with van der Waals surface area (Å²) in [5.41, 5.74) is 6.61. The molecule has 2 N–H and O–H groups in total. The Morgan fingerprint density at radius 2 is 2.21 bits per heavy atom. The van der Waals surface area contributed by atoms with Gasteiger partial charge in [0, 0.05) is 23.4 Å². The maximum atomic E-state index is 5.56. The third-order valence-electron chi connectivity index (χ3n) is 2.43. The van der Waals surface area contributed by atoms with E-state index in [1.54, 1.807) is 13.3 Å². The van der Waals surface area contributed by atoms with Crippen LogP contribution in [-0.2, 0) is 5.41 Å². The highest BCUT2D eigenvalue weighted by molar-refractivity contribution is 5.26. The second-order valence-corrected chi connectivity index (χ2v) is 4.00. The molecule has 1 aromatic heterocycles. The summed E-state index contributed by atoms with van der Waals surface area (Å²) in [6.07, 6.45) is 2.69. The van der Waals surface area contributed by atoms with Crippen LogP contribution in [0.2, 0.25) is 0 Å². The SMILES string of the molecule is COc1ccnc(C(C)(C)CCN)c1. The zero-order chi connectivity index (χ0) is 10.6. The number of aromatic nitrogens is 1. The molecule has 0 aliphatic rings. The summed E-state index contributed by atoms with van der Waals surface area (Å²) in [7, 11) is 1.66. The van der Waals surface area contributed by atoms with Crippen LogP contribution in [-0.4, -0.2) is 18.6 Å². The summed E-state index contributed by atoms with van der Waals surface area (Å²) in [6, 6.07) is 3.82. The molecular weight excluding hydrogens is 176 g/mol. The Balaban J connectivity index is 2.93. The lowest BCUT2D eigenvalue weighted by Gasteiger charge is -2.23. The number of nitrogens with two attached hydrogens (primary N) is 1. The second-order valence-electron chi connectivity index (χ2n) is 4.00. The van der Waals surface area contributed by atoms with Gasteiger partial charge in [-0.3, -0.25) is 4.98 Å². The number of methoxy groups -OCH3 is 1. The fourth-order valence-corrected chi connectivity index (χ4v) is 1.40. The molecule has 0 radical (unpaired) electrons. The first kappa shape index (κ1) is 11.0. The molecule has 0 aliphatic carbocycles. The average Bonchev–Trinajstić information content (AvgIpc) is 2.18. The van der Waals surface area contributed by atoms with Gasteiger partial charge >= 0.3 is 0 Å². The standard InChI is InChI=1S/C11H18N2O/c1-11(2,5-6-12)10-8-9(14-3)4-7-13-10/h4,7-8H,5-6,12H2,1-3H3. The van der Waals surface area contributed by atoms with Crippen molar-refractivity contribution in [2.75, 3.05) is 13.7 Å². The van der Waals surface area contributed by atoms with Gasteiger partial charge in [-0.15, -0.1) is 0 Å². The van der Waals surface area contributed by atoms with Crippen LogP contribution in [0.4, 0.5) is 0 Å². The lowest BCUT2D eigenvalue weighted by molar-refractivity contribution is 0.408. The molecule has 0 aromatic carbocycles. The molecule has 0 fully saturated rings. The van der Waals surface area contributed by atoms with Gasteiger partial charge in [0.1, 0.15) is 5.75 Å². The predicted molar refractivity (Wildman–Crippen MR) is 57.5 cm³/mol. The van der Waals surface area contributed by atoms with Gasteiger partial charge in [-0.25, -0.2) is 0 Å². The van der Waals surface area contributed by atoms with E-state index in [1.165, 1.54) is 0 Å². The molecular formula is C11H18N2O. The summed E-state index contributed by atoms with van der Waals surface area (Å²) in [5.74, 6) is 0.847. The van der Waals surface area contributed by atoms with Crippen LogP contribution in [0.15, 0.2) is 18.3 Å². The third-order valence-corrected chi connectivity index (χ3v) is 2.43. The van der Waals surface area contributed by atoms with E-state index in [4.69, 9.17) is 10.5 Å². The molecule has 0 unspecified atom stereocenters. The molecule has 14 heavy (non-hydrogen) atoms. The highest BCUT2D eigenvalue weighted by atomic mass is 16.5. The van der Waals surface area contributed by atoms with Gasteiger partial charge in [-0.1, -0.05) is 13.8 Å². The van der Waals surface area contributed by atoms with E-state index in [0.29, 0.717) is 6.54 Å². The maximum Gasteiger partial charge on any atom is 0.122 e. The first-order chi connectivity index (χ1) is 6.60. The molecule has 0 bridgehead atoms. The molecule has 0 atom stereocenters. The summed E-state index contributed by atoms with van der Waals surface area (Å²) in [4.78, 5) is 4.34. The number of hydrogen-bond acceptors (Lipinski definition) is 3. The van der Waals surface area contributed by atoms with Crippen LogP contribution in [0.1, 0.15) is 26.0 Å². The van der Waals surface area contributed by atoms with Crippen molar-refractivity contribution in [3.63, 3.8) is 0 Å². The molecule has 1 aromatic rings. The van der Waals surface area contributed by atoms with E-state index in [9.17, 15) is 0 Å². The lowest BCUT2D eigenvalue weighted by Crippen LogP contribution is -2.22. The van der Waals surface area contributed by atoms with Gasteiger partial charge in [0.05, 0.1) is 7.11 Å². The number of nitrogens with zero attached hydrogens (tertiary/aromatic N) is 1. The predicted octanol–water partition coefficient (Wildman–Crippen LogP) is 1.72. The van der Waals surface area contributed by atoms with E-state index in [0.717, 1.165) is 17.9 Å². The van der Waals surface area contributed by atoms with Crippen molar-refractivity contribution in [1.29, 1.82) is 0 Å². The maximum absolute atomic E-state index is 5.56. The largest absolute Gasteiger partial charge is 0.497 e. The number of hydrogen-bond donors (Lipinski definition) is 1. The molecule has 1 rings (SSSR count). The van der Waals surface area contributed by atoms with Crippen LogP contribution < -0.4 is 10.5 Å². The quantitative estimate of drug-likeness (QED) is 0.793. The molecule has 3 nitrogen and oxygen atoms in total. The Morgan fingerprint density at radius 3 is 2.79 bits per heavy atom. The lowest BCUT2D eigenvalue weighted by atomic mass is 9.85. The van der Waals surface area contributed by atoms with Crippen molar-refractivity contribution in [1.82, 2.24) is 4.98 Å². The van der Waals surface area contributed by atoms with E-state index in [-0.39, 0.29) is 5.41 Å². The van der Waals surface area contributed by atoms with Crippen molar-refractivity contribution < 1.29 is 4.74 Å². The van der Waals surface area contributed by atoms with Gasteiger partial charge in [0.15, 0.2) is 0 Å². The molecule has 1 heterocycles. The van der Waals surface area contributed by atoms with Crippen LogP contribution in [0.3, 0.4) is 0 Å². The third kappa shape index (κ3) is 2.45. The van der Waals surface area contributed by atoms with E-state index in [1.807, 2.05) is 12.1 Å². The van der Waals surface area contributed by atoms with Crippen LogP contribution in [0.5, 0.6) is 5.75 Å². The van der Waals surface area contributed by atoms with Gasteiger partial charge in [0.2, 0.25) is 0 Å². The summed E-state index contributed by atoms with van der Waals surface area (Å²) in [6.45, 7) is 4.95. The Labute approximate surface area is 85.3 Å². The molecule has 0 spiro atoms. The Bertz CT molecular complexity index is 297. The van der Waals surface area contributed by atoms with Crippen molar-refractivity contribution >= 4 is 0 Å². The van der Waals surface area contributed by atoms with Crippen molar-refractivity contribution in [2.45, 2.75) is 25.7 Å². The minimum Gasteiger partial charge on any atom is -0.497 e. The Morgan fingerprint density at radius 1 is 1.50 bits per heavy atom. The van der Waals surface area contributed by atoms with Gasteiger partial charge in [-0.05, 0) is 19.0 Å². The van der Waals surface area contributed by atoms with Crippen LogP contribution in [0.25, 0.3) is 0 Å². The highest BCUT2D eigenvalue weighted by Gasteiger charge is 2.21. The molecule has 3 heteroatoms. The van der Waals surface area contributed by atoms with E-state index < -0.39 is 0 Å². The van der Waals surface area contributed by atoms with Crippen molar-refractivity contribution in [3.05, 3.63) is 24.0 Å². The van der Waals surface area contributed by atoms with E-state index in [2.05, 4.69) is 18.8 Å². The first-order valence-corrected chi connectivity index (χ1v) is 4.81. The smallest absolute Gasteiger partial charge is 0.122 e. The zero-order valence-electron chi connectivity index (χ0n) is 9.08. The van der Waals surface area contributed by atoms with Crippen molar-refractivity contribution in [2.24, 2.45) is 5.73 Å². The summed E-state index contributed by atoms with van der Waals surface area (Å²) in [5, 5.41) is 0. The van der Waals surface area contributed by atoms with Crippen LogP contribution >= 0.6 is 0 Å². The van der Waals surface area contributed by atoms with Gasteiger partial charge in [-0.2, -0.15) is 0 Å². The normalized spacial score (nSPS) is 11.4. The monoisotopic (exact) mass is 194 g/mol. The Kier molecular flexibility index (Phi) is 3.47. The van der Waals surface area contributed by atoms with Crippen molar-refractivity contribution in [3.8, 4) is 5.75 Å². The Hall–Kier alpha value is -1.09. The molecule has 0 aliphatic heterocycles. The molecule has 0 saturated carbocycles. The molecule has 0 saturated heterocycles. The minimum absolute atomic E-state index is 0.0172. The number of rotatable bonds is 4. The van der Waals surface area contributed by atoms with Gasteiger partial charge in [0.25, 0.3) is 0 Å². The topological polar surface area (TPSA) is 48.1 Å².